The van der Waals surface area contributed by atoms with Crippen LogP contribution >= 0.6 is 0 Å². The third-order valence-electron chi connectivity index (χ3n) is 2.37. The fourth-order valence-electron chi connectivity index (χ4n) is 1.49. The van der Waals surface area contributed by atoms with E-state index in [1.165, 1.54) is 6.92 Å². The van der Waals surface area contributed by atoms with Gasteiger partial charge in [-0.15, -0.1) is 0 Å². The van der Waals surface area contributed by atoms with Gasteiger partial charge >= 0.3 is 5.97 Å². The van der Waals surface area contributed by atoms with Crippen molar-refractivity contribution in [1.82, 2.24) is 10.6 Å². The Hall–Kier alpha value is -1.17. The molecule has 5 nitrogen and oxygen atoms in total. The Morgan fingerprint density at radius 1 is 1.71 bits per heavy atom. The summed E-state index contributed by atoms with van der Waals surface area (Å²) in [5.74, 6) is -2.47. The van der Waals surface area contributed by atoms with E-state index in [2.05, 4.69) is 10.6 Å². The van der Waals surface area contributed by atoms with Gasteiger partial charge in [0.1, 0.15) is 0 Å². The highest BCUT2D eigenvalue weighted by Crippen LogP contribution is 2.26. The predicted octanol–water partition coefficient (Wildman–Crippen LogP) is -0.865. The number of hydrogen-bond donors (Lipinski definition) is 3. The Kier molecular flexibility index (Phi) is 3.05. The quantitative estimate of drug-likeness (QED) is 0.558. The third-order valence-corrected chi connectivity index (χ3v) is 2.37. The monoisotopic (exact) mass is 204 g/mol. The minimum Gasteiger partial charge on any atom is -0.479 e. The molecule has 2 atom stereocenters. The van der Waals surface area contributed by atoms with Crippen LogP contribution in [0.2, 0.25) is 0 Å². The van der Waals surface area contributed by atoms with Crippen molar-refractivity contribution in [2.24, 2.45) is 5.92 Å². The topological polar surface area (TPSA) is 78.4 Å². The Morgan fingerprint density at radius 2 is 2.36 bits per heavy atom. The van der Waals surface area contributed by atoms with Crippen molar-refractivity contribution in [2.75, 3.05) is 19.6 Å². The second kappa shape index (κ2) is 3.91. The van der Waals surface area contributed by atoms with E-state index in [1.54, 1.807) is 0 Å². The van der Waals surface area contributed by atoms with Gasteiger partial charge in [-0.3, -0.25) is 4.79 Å². The van der Waals surface area contributed by atoms with E-state index >= 15 is 0 Å². The largest absolute Gasteiger partial charge is 0.479 e. The number of nitrogens with one attached hydrogen (secondary N) is 2. The number of carboxylic acids is 1. The lowest BCUT2D eigenvalue weighted by Crippen LogP contribution is -2.46. The lowest BCUT2D eigenvalue weighted by Gasteiger charge is -2.21. The first-order chi connectivity index (χ1) is 6.47. The zero-order valence-corrected chi connectivity index (χ0v) is 7.84. The zero-order valence-electron chi connectivity index (χ0n) is 7.84. The first kappa shape index (κ1) is 10.9. The Bertz CT molecular complexity index is 259. The summed E-state index contributed by atoms with van der Waals surface area (Å²) < 4.78 is 13.7. The van der Waals surface area contributed by atoms with Crippen molar-refractivity contribution in [2.45, 2.75) is 12.6 Å². The maximum atomic E-state index is 13.7. The second-order valence-electron chi connectivity index (χ2n) is 3.43. The van der Waals surface area contributed by atoms with Crippen LogP contribution in [0.1, 0.15) is 6.92 Å². The molecule has 0 saturated carbocycles. The SMILES string of the molecule is CC(=O)NCC1CNCC1(F)C(=O)O. The molecule has 0 radical (unpaired) electrons. The molecule has 6 heteroatoms. The summed E-state index contributed by atoms with van der Waals surface area (Å²) in [6.45, 7) is 1.42. The summed E-state index contributed by atoms with van der Waals surface area (Å²) in [6.07, 6.45) is 0. The number of carbonyl (C=O) groups is 2. The van der Waals surface area contributed by atoms with Crippen molar-refractivity contribution < 1.29 is 19.1 Å². The normalized spacial score (nSPS) is 31.4. The number of aliphatic carboxylic acids is 1. The minimum absolute atomic E-state index is 0.0468. The van der Waals surface area contributed by atoms with E-state index in [9.17, 15) is 14.0 Å². The molecule has 14 heavy (non-hydrogen) atoms. The van der Waals surface area contributed by atoms with E-state index in [4.69, 9.17) is 5.11 Å². The van der Waals surface area contributed by atoms with Gasteiger partial charge in [0.25, 0.3) is 0 Å². The lowest BCUT2D eigenvalue weighted by molar-refractivity contribution is -0.152. The number of carboxylic acid groups (broad SMARTS) is 1. The molecule has 0 aromatic rings. The van der Waals surface area contributed by atoms with Crippen LogP contribution in [0.5, 0.6) is 0 Å². The number of hydrogen-bond acceptors (Lipinski definition) is 3. The standard InChI is InChI=1S/C8H13FN2O3/c1-5(12)11-3-6-2-10-4-8(6,9)7(13)14/h6,10H,2-4H2,1H3,(H,11,12)(H,13,14). The molecule has 1 saturated heterocycles. The van der Waals surface area contributed by atoms with Crippen LogP contribution in [0, 0.1) is 5.92 Å². The summed E-state index contributed by atoms with van der Waals surface area (Å²) in [7, 11) is 0. The van der Waals surface area contributed by atoms with Gasteiger partial charge in [0.2, 0.25) is 11.6 Å². The molecule has 1 aliphatic heterocycles. The minimum atomic E-state index is -2.26. The summed E-state index contributed by atoms with van der Waals surface area (Å²) in [4.78, 5) is 21.2. The van der Waals surface area contributed by atoms with Crippen LogP contribution in [0.4, 0.5) is 4.39 Å². The third kappa shape index (κ3) is 2.01. The predicted molar refractivity (Wildman–Crippen MR) is 46.5 cm³/mol. The molecule has 0 aliphatic carbocycles. The first-order valence-electron chi connectivity index (χ1n) is 4.34. The van der Waals surface area contributed by atoms with Gasteiger partial charge < -0.3 is 15.7 Å². The molecule has 1 aliphatic rings. The number of halogens is 1. The van der Waals surface area contributed by atoms with E-state index in [0.29, 0.717) is 0 Å². The van der Waals surface area contributed by atoms with E-state index in [-0.39, 0.29) is 25.5 Å². The van der Waals surface area contributed by atoms with Crippen molar-refractivity contribution in [3.05, 3.63) is 0 Å². The Morgan fingerprint density at radius 3 is 2.86 bits per heavy atom. The molecule has 1 heterocycles. The molecular weight excluding hydrogens is 191 g/mol. The van der Waals surface area contributed by atoms with Gasteiger partial charge in [-0.05, 0) is 0 Å². The fraction of sp³-hybridized carbons (Fsp3) is 0.750. The highest BCUT2D eigenvalue weighted by molar-refractivity contribution is 5.79. The number of amides is 1. The summed E-state index contributed by atoms with van der Waals surface area (Å²) >= 11 is 0. The van der Waals surface area contributed by atoms with Gasteiger partial charge in [0, 0.05) is 32.5 Å². The molecule has 0 aromatic carbocycles. The summed E-state index contributed by atoms with van der Waals surface area (Å²) in [6, 6.07) is 0. The van der Waals surface area contributed by atoms with E-state index in [1.807, 2.05) is 0 Å². The molecule has 2 unspecified atom stereocenters. The van der Waals surface area contributed by atoms with E-state index in [0.717, 1.165) is 0 Å². The van der Waals surface area contributed by atoms with Gasteiger partial charge in [-0.2, -0.15) is 0 Å². The van der Waals surface area contributed by atoms with Crippen LogP contribution in [-0.4, -0.2) is 42.3 Å². The number of carbonyl (C=O) groups excluding carboxylic acids is 1. The van der Waals surface area contributed by atoms with Crippen LogP contribution in [0.3, 0.4) is 0 Å². The molecule has 3 N–H and O–H groups in total. The maximum absolute atomic E-state index is 13.7. The summed E-state index contributed by atoms with van der Waals surface area (Å²) in [5, 5.41) is 13.8. The van der Waals surface area contributed by atoms with Crippen LogP contribution in [0.15, 0.2) is 0 Å². The van der Waals surface area contributed by atoms with Gasteiger partial charge in [-0.1, -0.05) is 0 Å². The van der Waals surface area contributed by atoms with Gasteiger partial charge in [-0.25, -0.2) is 9.18 Å². The van der Waals surface area contributed by atoms with Gasteiger partial charge in [0.05, 0.1) is 0 Å². The number of rotatable bonds is 3. The van der Waals surface area contributed by atoms with Crippen LogP contribution in [0.25, 0.3) is 0 Å². The first-order valence-corrected chi connectivity index (χ1v) is 4.34. The molecule has 0 aromatic heterocycles. The average Bonchev–Trinajstić information content (AvgIpc) is 2.45. The molecule has 1 fully saturated rings. The second-order valence-corrected chi connectivity index (χ2v) is 3.43. The fourth-order valence-corrected chi connectivity index (χ4v) is 1.49. The molecule has 0 bridgehead atoms. The van der Waals surface area contributed by atoms with Crippen molar-refractivity contribution >= 4 is 11.9 Å². The van der Waals surface area contributed by atoms with Crippen molar-refractivity contribution in [3.63, 3.8) is 0 Å². The summed E-state index contributed by atoms with van der Waals surface area (Å²) in [5.41, 5.74) is -2.26. The molecule has 80 valence electrons. The lowest BCUT2D eigenvalue weighted by atomic mass is 9.93. The van der Waals surface area contributed by atoms with Crippen molar-refractivity contribution in [1.29, 1.82) is 0 Å². The average molecular weight is 204 g/mol. The van der Waals surface area contributed by atoms with Gasteiger partial charge in [0.15, 0.2) is 0 Å². The van der Waals surface area contributed by atoms with Crippen LogP contribution < -0.4 is 10.6 Å². The maximum Gasteiger partial charge on any atom is 0.343 e. The smallest absolute Gasteiger partial charge is 0.343 e. The van der Waals surface area contributed by atoms with Crippen LogP contribution in [-0.2, 0) is 9.59 Å². The van der Waals surface area contributed by atoms with Crippen molar-refractivity contribution in [3.8, 4) is 0 Å². The Balaban J connectivity index is 2.59. The highest BCUT2D eigenvalue weighted by Gasteiger charge is 2.50. The van der Waals surface area contributed by atoms with E-state index < -0.39 is 17.6 Å². The number of alkyl halides is 1. The molecular formula is C8H13FN2O3. The molecule has 1 rings (SSSR count). The Labute approximate surface area is 80.7 Å². The molecule has 0 spiro atoms. The zero-order chi connectivity index (χ0) is 10.8. The highest BCUT2D eigenvalue weighted by atomic mass is 19.1. The molecule has 1 amide bonds.